The first-order valence-corrected chi connectivity index (χ1v) is 5.09. The summed E-state index contributed by atoms with van der Waals surface area (Å²) in [4.78, 5) is 0. The Kier molecular flexibility index (Phi) is 4.90. The molecule has 24 heavy (non-hydrogen) atoms. The zero-order valence-electron chi connectivity index (χ0n) is 10.4. The summed E-state index contributed by atoms with van der Waals surface area (Å²) in [6.45, 7) is -2.93. The maximum absolute atomic E-state index is 13.9. The first-order valence-electron chi connectivity index (χ1n) is 5.09. The molecule has 0 N–H and O–H groups in total. The number of rotatable bonds is 4. The van der Waals surface area contributed by atoms with Crippen molar-refractivity contribution in [2.45, 2.75) is 30.5 Å². The van der Waals surface area contributed by atoms with E-state index in [1.165, 1.54) is 0 Å². The van der Waals surface area contributed by atoms with E-state index in [9.17, 15) is 52.7 Å². The Morgan fingerprint density at radius 2 is 1.38 bits per heavy atom. The van der Waals surface area contributed by atoms with Crippen LogP contribution in [0.1, 0.15) is 0 Å². The molecule has 16 heteroatoms. The SMILES string of the molecule is FC(F)=C1OC(F)(COC(F)(F)F)C(F)(C(F)(F)OC(F)(F)F)O1. The van der Waals surface area contributed by atoms with E-state index >= 15 is 0 Å². The quantitative estimate of drug-likeness (QED) is 0.678. The summed E-state index contributed by atoms with van der Waals surface area (Å²) in [6, 6.07) is 0. The lowest BCUT2D eigenvalue weighted by Crippen LogP contribution is -2.62. The van der Waals surface area contributed by atoms with E-state index in [4.69, 9.17) is 0 Å². The second-order valence-electron chi connectivity index (χ2n) is 3.87. The Balaban J connectivity index is 3.29. The summed E-state index contributed by atoms with van der Waals surface area (Å²) < 4.78 is 160. The first kappa shape index (κ1) is 20.5. The first-order chi connectivity index (χ1) is 10.4. The van der Waals surface area contributed by atoms with E-state index in [1.54, 1.807) is 0 Å². The van der Waals surface area contributed by atoms with Crippen molar-refractivity contribution >= 4 is 0 Å². The number of alkyl halides is 10. The zero-order chi connectivity index (χ0) is 19.2. The molecule has 0 aliphatic carbocycles. The lowest BCUT2D eigenvalue weighted by molar-refractivity contribution is -0.492. The van der Waals surface area contributed by atoms with Crippen LogP contribution in [0.5, 0.6) is 0 Å². The second-order valence-corrected chi connectivity index (χ2v) is 3.87. The summed E-state index contributed by atoms with van der Waals surface area (Å²) in [5.74, 6) is -13.9. The van der Waals surface area contributed by atoms with Crippen molar-refractivity contribution in [3.8, 4) is 0 Å². The van der Waals surface area contributed by atoms with Crippen molar-refractivity contribution in [2.75, 3.05) is 6.61 Å². The van der Waals surface area contributed by atoms with Crippen molar-refractivity contribution in [3.05, 3.63) is 12.0 Å². The molecule has 0 spiro atoms. The van der Waals surface area contributed by atoms with Crippen LogP contribution in [0.25, 0.3) is 0 Å². The van der Waals surface area contributed by atoms with Gasteiger partial charge >= 0.3 is 42.6 Å². The van der Waals surface area contributed by atoms with Gasteiger partial charge in [0.1, 0.15) is 6.61 Å². The maximum atomic E-state index is 13.9. The van der Waals surface area contributed by atoms with Crippen molar-refractivity contribution in [3.63, 3.8) is 0 Å². The predicted octanol–water partition coefficient (Wildman–Crippen LogP) is 4.10. The molecular weight excluding hydrogens is 388 g/mol. The van der Waals surface area contributed by atoms with Crippen LogP contribution in [0.2, 0.25) is 0 Å². The molecule has 0 aromatic rings. The molecular formula is C8H2F12O4. The molecule has 1 aliphatic heterocycles. The van der Waals surface area contributed by atoms with Crippen molar-refractivity contribution in [2.24, 2.45) is 0 Å². The van der Waals surface area contributed by atoms with Gasteiger partial charge in [-0.15, -0.1) is 26.3 Å². The Labute approximate surface area is 122 Å². The fraction of sp³-hybridized carbons (Fsp3) is 0.750. The third-order valence-electron chi connectivity index (χ3n) is 2.16. The highest BCUT2D eigenvalue weighted by Crippen LogP contribution is 2.54. The highest BCUT2D eigenvalue weighted by molar-refractivity contribution is 5.06. The molecule has 0 radical (unpaired) electrons. The predicted molar refractivity (Wildman–Crippen MR) is 43.2 cm³/mol. The molecule has 2 unspecified atom stereocenters. The minimum atomic E-state index is -6.45. The zero-order valence-corrected chi connectivity index (χ0v) is 10.4. The van der Waals surface area contributed by atoms with Gasteiger partial charge in [0.05, 0.1) is 0 Å². The Morgan fingerprint density at radius 3 is 1.75 bits per heavy atom. The van der Waals surface area contributed by atoms with Crippen LogP contribution in [0.4, 0.5) is 52.7 Å². The summed E-state index contributed by atoms with van der Waals surface area (Å²) in [7, 11) is 0. The monoisotopic (exact) mass is 390 g/mol. The molecule has 1 fully saturated rings. The van der Waals surface area contributed by atoms with Crippen LogP contribution in [0.15, 0.2) is 12.0 Å². The van der Waals surface area contributed by atoms with Gasteiger partial charge in [-0.2, -0.15) is 26.3 Å². The molecule has 1 rings (SSSR count). The van der Waals surface area contributed by atoms with Crippen LogP contribution in [0, 0.1) is 0 Å². The van der Waals surface area contributed by atoms with Gasteiger partial charge in [-0.05, 0) is 0 Å². The van der Waals surface area contributed by atoms with Crippen LogP contribution in [0.3, 0.4) is 0 Å². The van der Waals surface area contributed by atoms with E-state index in [1.807, 2.05) is 4.74 Å². The topological polar surface area (TPSA) is 36.9 Å². The molecule has 4 nitrogen and oxygen atoms in total. The summed E-state index contributed by atoms with van der Waals surface area (Å²) >= 11 is 0. The fourth-order valence-corrected chi connectivity index (χ4v) is 1.30. The molecule has 142 valence electrons. The minimum absolute atomic E-state index is 1.91. The van der Waals surface area contributed by atoms with Crippen molar-refractivity contribution in [1.82, 2.24) is 0 Å². The van der Waals surface area contributed by atoms with Gasteiger partial charge < -0.3 is 9.47 Å². The molecule has 0 amide bonds. The average Bonchev–Trinajstić information content (AvgIpc) is 2.58. The summed E-state index contributed by atoms with van der Waals surface area (Å²) in [5, 5.41) is 0. The van der Waals surface area contributed by atoms with Crippen LogP contribution in [-0.4, -0.2) is 37.1 Å². The van der Waals surface area contributed by atoms with E-state index in [-0.39, 0.29) is 0 Å². The van der Waals surface area contributed by atoms with E-state index in [0.717, 1.165) is 0 Å². The number of hydrogen-bond donors (Lipinski definition) is 0. The molecule has 1 saturated heterocycles. The van der Waals surface area contributed by atoms with Crippen LogP contribution >= 0.6 is 0 Å². The third-order valence-corrected chi connectivity index (χ3v) is 2.16. The Bertz CT molecular complexity index is 508. The minimum Gasteiger partial charge on any atom is -0.414 e. The van der Waals surface area contributed by atoms with Gasteiger partial charge in [0, 0.05) is 0 Å². The number of halogens is 12. The summed E-state index contributed by atoms with van der Waals surface area (Å²) in [6.07, 6.45) is -22.0. The average molecular weight is 390 g/mol. The smallest absolute Gasteiger partial charge is 0.414 e. The fourth-order valence-electron chi connectivity index (χ4n) is 1.30. The standard InChI is InChI=1S/C8H2F12O4/c9-2(10)3-22-4(11,1-21-7(15,16)17)5(12,23-3)6(13,14)24-8(18,19)20/h1H2. The molecule has 0 aromatic carbocycles. The Morgan fingerprint density at radius 1 is 0.875 bits per heavy atom. The van der Waals surface area contributed by atoms with Gasteiger partial charge in [0.15, 0.2) is 0 Å². The van der Waals surface area contributed by atoms with Crippen LogP contribution < -0.4 is 0 Å². The van der Waals surface area contributed by atoms with Crippen LogP contribution in [-0.2, 0) is 18.9 Å². The molecule has 0 saturated carbocycles. The van der Waals surface area contributed by atoms with Crippen molar-refractivity contribution in [1.29, 1.82) is 0 Å². The van der Waals surface area contributed by atoms with Gasteiger partial charge in [-0.25, -0.2) is 4.74 Å². The van der Waals surface area contributed by atoms with E-state index in [0.29, 0.717) is 0 Å². The highest BCUT2D eigenvalue weighted by atomic mass is 19.4. The van der Waals surface area contributed by atoms with Gasteiger partial charge in [0.2, 0.25) is 0 Å². The number of ether oxygens (including phenoxy) is 4. The molecule has 2 atom stereocenters. The lowest BCUT2D eigenvalue weighted by Gasteiger charge is -2.33. The number of hydrogen-bond acceptors (Lipinski definition) is 4. The molecule has 1 heterocycles. The van der Waals surface area contributed by atoms with E-state index < -0.39 is 49.2 Å². The molecule has 0 bridgehead atoms. The van der Waals surface area contributed by atoms with E-state index in [2.05, 4.69) is 14.2 Å². The Hall–Kier alpha value is -1.58. The maximum Gasteiger partial charge on any atom is 0.527 e. The normalized spacial score (nSPS) is 28.6. The highest BCUT2D eigenvalue weighted by Gasteiger charge is 2.81. The lowest BCUT2D eigenvalue weighted by atomic mass is 10.1. The summed E-state index contributed by atoms with van der Waals surface area (Å²) in [5.41, 5.74) is 0. The molecule has 0 aromatic heterocycles. The van der Waals surface area contributed by atoms with Crippen molar-refractivity contribution < 1.29 is 71.6 Å². The van der Waals surface area contributed by atoms with Gasteiger partial charge in [-0.3, -0.25) is 4.74 Å². The second kappa shape index (κ2) is 5.75. The van der Waals surface area contributed by atoms with Gasteiger partial charge in [0.25, 0.3) is 0 Å². The third kappa shape index (κ3) is 4.08. The molecule has 1 aliphatic rings. The largest absolute Gasteiger partial charge is 0.527 e. The van der Waals surface area contributed by atoms with Gasteiger partial charge in [-0.1, -0.05) is 0 Å².